The van der Waals surface area contributed by atoms with Crippen LogP contribution in [0.2, 0.25) is 17.8 Å². The Morgan fingerprint density at radius 2 is 1.43 bits per heavy atom. The van der Waals surface area contributed by atoms with Gasteiger partial charge in [0.25, 0.3) is 0 Å². The van der Waals surface area contributed by atoms with Crippen molar-refractivity contribution >= 4 is 19.0 Å². The molecule has 0 aliphatic carbocycles. The van der Waals surface area contributed by atoms with Crippen LogP contribution >= 0.6 is 0 Å². The van der Waals surface area contributed by atoms with E-state index in [1.54, 1.807) is 5.67 Å². The van der Waals surface area contributed by atoms with E-state index in [4.69, 9.17) is 0 Å². The lowest BCUT2D eigenvalue weighted by molar-refractivity contribution is 0.881. The van der Waals surface area contributed by atoms with Gasteiger partial charge in [-0.15, -0.1) is 0 Å². The first kappa shape index (κ1) is 5.57. The highest BCUT2D eigenvalue weighted by Crippen LogP contribution is 2.06. The molecule has 0 N–H and O–H groups in total. The molecule has 0 atom stereocenters. The maximum Gasteiger partial charge on any atom is 0.0343 e. The van der Waals surface area contributed by atoms with Gasteiger partial charge in [0, 0.05) is 19.0 Å². The predicted octanol–water partition coefficient (Wildman–Crippen LogP) is 1.40. The second-order valence-corrected chi connectivity index (χ2v) is 5.30. The summed E-state index contributed by atoms with van der Waals surface area (Å²) in [4.78, 5) is 0. The van der Waals surface area contributed by atoms with Gasteiger partial charge in [-0.25, -0.2) is 0 Å². The molecule has 38 valence electrons. The Balaban J connectivity index is 2.04. The average molecular weight is 126 g/mol. The van der Waals surface area contributed by atoms with Gasteiger partial charge in [-0.05, 0) is 0 Å². The third kappa shape index (κ3) is 2.29. The fraction of sp³-hybridized carbons (Fsp3) is 1.00. The van der Waals surface area contributed by atoms with Gasteiger partial charge in [0.2, 0.25) is 0 Å². The van der Waals surface area contributed by atoms with Crippen LogP contribution < -0.4 is 0 Å². The monoisotopic (exact) mass is 126 g/mol. The third-order valence-electron chi connectivity index (χ3n) is 1.21. The normalized spacial score (nSPS) is 24.0. The first-order valence-corrected chi connectivity index (χ1v) is 5.74. The van der Waals surface area contributed by atoms with Crippen molar-refractivity contribution in [3.05, 3.63) is 0 Å². The van der Waals surface area contributed by atoms with Gasteiger partial charge in [-0.2, -0.15) is 0 Å². The molecule has 1 fully saturated rings. The van der Waals surface area contributed by atoms with Crippen LogP contribution in [0.1, 0.15) is 12.8 Å². The molecule has 0 unspecified atom stereocenters. The summed E-state index contributed by atoms with van der Waals surface area (Å²) in [5.41, 5.74) is 1.56. The number of hydrogen-bond acceptors (Lipinski definition) is 0. The van der Waals surface area contributed by atoms with E-state index >= 15 is 0 Å². The Labute approximate surface area is 50.3 Å². The summed E-state index contributed by atoms with van der Waals surface area (Å²) >= 11 is 0. The zero-order valence-corrected chi connectivity index (χ0v) is 6.54. The van der Waals surface area contributed by atoms with Gasteiger partial charge in [0.05, 0.1) is 0 Å². The zero-order valence-electron chi connectivity index (χ0n) is 4.54. The lowest BCUT2D eigenvalue weighted by atomic mass is 10.4. The number of rotatable bonds is 0. The quantitative estimate of drug-likeness (QED) is 0.430. The van der Waals surface area contributed by atoms with E-state index in [9.17, 15) is 0 Å². The van der Waals surface area contributed by atoms with Gasteiger partial charge in [0.1, 0.15) is 0 Å². The highest BCUT2D eigenvalue weighted by molar-refractivity contribution is 6.56. The molecular weight excluding hydrogens is 116 g/mol. The van der Waals surface area contributed by atoms with Crippen LogP contribution in [0.15, 0.2) is 0 Å². The van der Waals surface area contributed by atoms with Crippen molar-refractivity contribution in [2.45, 2.75) is 30.6 Å². The average Bonchev–Trinajstić information content (AvgIpc) is 1.90. The molecule has 0 bridgehead atoms. The Bertz CT molecular complexity index is 25.7. The maximum absolute atomic E-state index is 1.56. The predicted molar refractivity (Wildman–Crippen MR) is 35.2 cm³/mol. The van der Waals surface area contributed by atoms with E-state index in [1.807, 2.05) is 0 Å². The zero-order chi connectivity index (χ0) is 4.95. The van der Waals surface area contributed by atoms with Crippen LogP contribution in [-0.2, 0) is 0 Å². The van der Waals surface area contributed by atoms with Crippen molar-refractivity contribution in [1.82, 2.24) is 0 Å². The minimum Gasteiger partial charge on any atom is -0.0690 e. The molecule has 0 aromatic rings. The van der Waals surface area contributed by atoms with E-state index in [0.29, 0.717) is 0 Å². The molecule has 0 saturated carbocycles. The van der Waals surface area contributed by atoms with Crippen molar-refractivity contribution in [3.8, 4) is 0 Å². The first-order chi connectivity index (χ1) is 3.50. The van der Waals surface area contributed by atoms with E-state index in [-0.39, 0.29) is 0 Å². The summed E-state index contributed by atoms with van der Waals surface area (Å²) < 4.78 is 0. The van der Waals surface area contributed by atoms with Crippen LogP contribution in [0, 0.1) is 0 Å². The van der Waals surface area contributed by atoms with Crippen LogP contribution in [-0.4, -0.2) is 19.0 Å². The highest BCUT2D eigenvalue weighted by Gasteiger charge is 1.97. The Morgan fingerprint density at radius 1 is 0.857 bits per heavy atom. The van der Waals surface area contributed by atoms with E-state index in [2.05, 4.69) is 0 Å². The van der Waals surface area contributed by atoms with Crippen molar-refractivity contribution in [2.24, 2.45) is 0 Å². The molecular formula is C5H10Si2. The van der Waals surface area contributed by atoms with Crippen molar-refractivity contribution in [1.29, 1.82) is 0 Å². The van der Waals surface area contributed by atoms with E-state index < -0.39 is 0 Å². The largest absolute Gasteiger partial charge is 0.0690 e. The molecule has 4 radical (unpaired) electrons. The third-order valence-corrected chi connectivity index (χ3v) is 4.62. The van der Waals surface area contributed by atoms with Gasteiger partial charge < -0.3 is 0 Å². The van der Waals surface area contributed by atoms with Gasteiger partial charge in [0.15, 0.2) is 0 Å². The van der Waals surface area contributed by atoms with Gasteiger partial charge >= 0.3 is 0 Å². The lowest BCUT2D eigenvalue weighted by Gasteiger charge is -1.85. The van der Waals surface area contributed by atoms with Crippen molar-refractivity contribution in [3.63, 3.8) is 0 Å². The topological polar surface area (TPSA) is 0 Å². The Morgan fingerprint density at radius 3 is 2.00 bits per heavy atom. The van der Waals surface area contributed by atoms with Crippen molar-refractivity contribution < 1.29 is 0 Å². The maximum atomic E-state index is 1.56. The molecule has 1 aliphatic rings. The molecule has 1 rings (SSSR count). The first-order valence-electron chi connectivity index (χ1n) is 2.91. The Kier molecular flexibility index (Phi) is 2.73. The van der Waals surface area contributed by atoms with E-state index in [0.717, 1.165) is 0 Å². The molecule has 7 heavy (non-hydrogen) atoms. The molecule has 0 spiro atoms. The summed E-state index contributed by atoms with van der Waals surface area (Å²) in [5.74, 6) is 0. The minimum atomic E-state index is 1.31. The molecule has 1 heterocycles. The minimum absolute atomic E-state index is 1.31. The standard InChI is InChI=1S/C5H10Si2/c1-2-4-7-5-6-3-1/h1-5H2. The summed E-state index contributed by atoms with van der Waals surface area (Å²) in [6, 6.07) is 3.07. The molecule has 0 nitrogen and oxygen atoms in total. The van der Waals surface area contributed by atoms with Crippen LogP contribution in [0.4, 0.5) is 0 Å². The molecule has 2 heteroatoms. The summed E-state index contributed by atoms with van der Waals surface area (Å²) in [6.07, 6.45) is 3.04. The SMILES string of the molecule is C1CC[Si]C[Si]C1. The Hall–Kier alpha value is 0.434. The smallest absolute Gasteiger partial charge is 0.0343 e. The molecule has 1 saturated heterocycles. The highest BCUT2D eigenvalue weighted by atomic mass is 28.3. The molecule has 0 amide bonds. The second kappa shape index (κ2) is 3.44. The van der Waals surface area contributed by atoms with Crippen molar-refractivity contribution in [2.75, 3.05) is 0 Å². The molecule has 1 aliphatic heterocycles. The fourth-order valence-electron chi connectivity index (χ4n) is 0.765. The van der Waals surface area contributed by atoms with Crippen LogP contribution in [0.25, 0.3) is 0 Å². The summed E-state index contributed by atoms with van der Waals surface area (Å²) in [6.45, 7) is 0. The molecule has 0 aromatic heterocycles. The van der Waals surface area contributed by atoms with Crippen LogP contribution in [0.3, 0.4) is 0 Å². The fourth-order valence-corrected chi connectivity index (χ4v) is 3.89. The van der Waals surface area contributed by atoms with Gasteiger partial charge in [-0.3, -0.25) is 0 Å². The van der Waals surface area contributed by atoms with E-state index in [1.165, 1.54) is 44.0 Å². The number of hydrogen-bond donors (Lipinski definition) is 0. The second-order valence-electron chi connectivity index (χ2n) is 1.88. The summed E-state index contributed by atoms with van der Waals surface area (Å²) in [5, 5.41) is 0. The summed E-state index contributed by atoms with van der Waals surface area (Å²) in [7, 11) is 2.61. The lowest BCUT2D eigenvalue weighted by Crippen LogP contribution is -1.89. The van der Waals surface area contributed by atoms with Gasteiger partial charge in [-0.1, -0.05) is 30.6 Å². The van der Waals surface area contributed by atoms with Crippen LogP contribution in [0.5, 0.6) is 0 Å². The molecule has 0 aromatic carbocycles.